The summed E-state index contributed by atoms with van der Waals surface area (Å²) in [6.07, 6.45) is 2.10. The lowest BCUT2D eigenvalue weighted by molar-refractivity contribution is 0.355. The van der Waals surface area contributed by atoms with Gasteiger partial charge in [-0.1, -0.05) is 48.5 Å². The minimum atomic E-state index is -0.106. The minimum Gasteiger partial charge on any atom is -0.493 e. The fourth-order valence-corrected chi connectivity index (χ4v) is 4.08. The molecule has 0 radical (unpaired) electrons. The molecule has 4 heteroatoms. The van der Waals surface area contributed by atoms with Crippen LogP contribution in [0.3, 0.4) is 0 Å². The van der Waals surface area contributed by atoms with E-state index in [0.717, 1.165) is 28.2 Å². The zero-order valence-electron chi connectivity index (χ0n) is 16.9. The van der Waals surface area contributed by atoms with Crippen LogP contribution in [0.4, 0.5) is 0 Å². The van der Waals surface area contributed by atoms with Gasteiger partial charge in [-0.05, 0) is 42.0 Å². The Morgan fingerprint density at radius 1 is 0.767 bits per heavy atom. The lowest BCUT2D eigenvalue weighted by atomic mass is 9.97. The van der Waals surface area contributed by atoms with Gasteiger partial charge in [0.15, 0.2) is 11.5 Å². The first-order valence-corrected chi connectivity index (χ1v) is 9.92. The average molecular weight is 394 g/mol. The Bertz CT molecular complexity index is 1220. The molecule has 1 atom stereocenters. The van der Waals surface area contributed by atoms with Crippen molar-refractivity contribution >= 4 is 5.71 Å². The highest BCUT2D eigenvalue weighted by Crippen LogP contribution is 2.37. The third-order valence-electron chi connectivity index (χ3n) is 5.51. The van der Waals surface area contributed by atoms with Crippen molar-refractivity contribution < 1.29 is 9.47 Å². The van der Waals surface area contributed by atoms with Gasteiger partial charge in [-0.15, -0.1) is 0 Å². The van der Waals surface area contributed by atoms with Crippen molar-refractivity contribution in [1.29, 1.82) is 0 Å². The molecule has 5 rings (SSSR count). The van der Waals surface area contributed by atoms with Crippen molar-refractivity contribution in [3.63, 3.8) is 0 Å². The van der Waals surface area contributed by atoms with Crippen LogP contribution in [-0.4, -0.2) is 24.5 Å². The fourth-order valence-electron chi connectivity index (χ4n) is 4.08. The Labute approximate surface area is 176 Å². The quantitative estimate of drug-likeness (QED) is 0.462. The second-order valence-corrected chi connectivity index (χ2v) is 7.18. The van der Waals surface area contributed by atoms with E-state index < -0.39 is 0 Å². The van der Waals surface area contributed by atoms with Crippen LogP contribution in [0.25, 0.3) is 5.69 Å². The topological polar surface area (TPSA) is 35.8 Å². The highest BCUT2D eigenvalue weighted by Gasteiger charge is 2.25. The molecule has 1 aliphatic rings. The molecule has 0 spiro atoms. The number of benzene rings is 3. The molecule has 0 fully saturated rings. The molecule has 0 bridgehead atoms. The SMILES string of the molecule is COc1ccc(C2=N[C@H](c3ccccc3)c3ccccc3-n3cccc32)cc1OC. The Kier molecular flexibility index (Phi) is 4.60. The lowest BCUT2D eigenvalue weighted by Gasteiger charge is -2.16. The predicted octanol–water partition coefficient (Wildman–Crippen LogP) is 5.43. The summed E-state index contributed by atoms with van der Waals surface area (Å²) < 4.78 is 13.2. The number of nitrogens with zero attached hydrogens (tertiary/aromatic N) is 2. The van der Waals surface area contributed by atoms with E-state index in [1.54, 1.807) is 14.2 Å². The van der Waals surface area contributed by atoms with Crippen LogP contribution < -0.4 is 9.47 Å². The van der Waals surface area contributed by atoms with E-state index in [-0.39, 0.29) is 6.04 Å². The van der Waals surface area contributed by atoms with Gasteiger partial charge in [0.05, 0.1) is 31.3 Å². The third-order valence-corrected chi connectivity index (χ3v) is 5.51. The first kappa shape index (κ1) is 18.3. The molecule has 30 heavy (non-hydrogen) atoms. The van der Waals surface area contributed by atoms with E-state index in [1.807, 2.05) is 24.3 Å². The van der Waals surface area contributed by atoms with Crippen LogP contribution in [-0.2, 0) is 0 Å². The summed E-state index contributed by atoms with van der Waals surface area (Å²) in [6.45, 7) is 0. The van der Waals surface area contributed by atoms with E-state index >= 15 is 0 Å². The maximum atomic E-state index is 5.55. The third kappa shape index (κ3) is 2.98. The number of para-hydroxylation sites is 1. The van der Waals surface area contributed by atoms with Crippen LogP contribution in [0.1, 0.15) is 28.4 Å². The van der Waals surface area contributed by atoms with Gasteiger partial charge in [-0.2, -0.15) is 0 Å². The van der Waals surface area contributed by atoms with E-state index in [1.165, 1.54) is 5.56 Å². The van der Waals surface area contributed by atoms with Crippen LogP contribution in [0.2, 0.25) is 0 Å². The molecule has 1 aliphatic heterocycles. The summed E-state index contributed by atoms with van der Waals surface area (Å²) in [6, 6.07) is 28.9. The van der Waals surface area contributed by atoms with E-state index in [9.17, 15) is 0 Å². The number of fused-ring (bicyclic) bond motifs is 3. The Morgan fingerprint density at radius 2 is 1.53 bits per heavy atom. The first-order valence-electron chi connectivity index (χ1n) is 9.92. The van der Waals surface area contributed by atoms with Crippen molar-refractivity contribution in [2.45, 2.75) is 6.04 Å². The van der Waals surface area contributed by atoms with E-state index in [2.05, 4.69) is 71.4 Å². The number of rotatable bonds is 4. The maximum Gasteiger partial charge on any atom is 0.161 e. The Balaban J connectivity index is 1.77. The second kappa shape index (κ2) is 7.56. The molecule has 1 aromatic heterocycles. The molecule has 4 nitrogen and oxygen atoms in total. The van der Waals surface area contributed by atoms with Gasteiger partial charge >= 0.3 is 0 Å². The smallest absolute Gasteiger partial charge is 0.161 e. The molecular formula is C26H22N2O2. The molecule has 148 valence electrons. The van der Waals surface area contributed by atoms with Gasteiger partial charge in [0.1, 0.15) is 6.04 Å². The lowest BCUT2D eigenvalue weighted by Crippen LogP contribution is -2.09. The summed E-state index contributed by atoms with van der Waals surface area (Å²) in [5.74, 6) is 1.39. The molecule has 0 aliphatic carbocycles. The molecule has 2 heterocycles. The van der Waals surface area contributed by atoms with Crippen molar-refractivity contribution in [1.82, 2.24) is 4.57 Å². The number of aliphatic imine (C=N–C) groups is 1. The highest BCUT2D eigenvalue weighted by atomic mass is 16.5. The van der Waals surface area contributed by atoms with Gasteiger partial charge in [0.2, 0.25) is 0 Å². The van der Waals surface area contributed by atoms with E-state index in [0.29, 0.717) is 11.5 Å². The first-order chi connectivity index (χ1) is 14.8. The summed E-state index contributed by atoms with van der Waals surface area (Å²) >= 11 is 0. The van der Waals surface area contributed by atoms with E-state index in [4.69, 9.17) is 14.5 Å². The van der Waals surface area contributed by atoms with Crippen LogP contribution >= 0.6 is 0 Å². The van der Waals surface area contributed by atoms with Gasteiger partial charge in [-0.3, -0.25) is 4.99 Å². The Morgan fingerprint density at radius 3 is 2.33 bits per heavy atom. The second-order valence-electron chi connectivity index (χ2n) is 7.18. The summed E-state index contributed by atoms with van der Waals surface area (Å²) in [5.41, 5.74) is 6.44. The van der Waals surface area contributed by atoms with Crippen molar-refractivity contribution in [2.75, 3.05) is 14.2 Å². The van der Waals surface area contributed by atoms with Crippen LogP contribution in [0.15, 0.2) is 96.1 Å². The zero-order chi connectivity index (χ0) is 20.5. The van der Waals surface area contributed by atoms with Crippen molar-refractivity contribution in [3.05, 3.63) is 114 Å². The number of aromatic nitrogens is 1. The standard InChI is InChI=1S/C26H22N2O2/c1-29-23-15-14-19(17-24(23)30-2)26-22-13-8-16-28(22)21-12-7-6-11-20(21)25(27-26)18-9-4-3-5-10-18/h3-17,25H,1-2H3/t25-/m1/s1. The summed E-state index contributed by atoms with van der Waals surface area (Å²) in [7, 11) is 3.30. The van der Waals surface area contributed by atoms with Crippen LogP contribution in [0.5, 0.6) is 11.5 Å². The molecule has 0 saturated carbocycles. The van der Waals surface area contributed by atoms with Gasteiger partial charge in [0, 0.05) is 17.3 Å². The van der Waals surface area contributed by atoms with Crippen molar-refractivity contribution in [3.8, 4) is 17.2 Å². The monoisotopic (exact) mass is 394 g/mol. The number of hydrogen-bond donors (Lipinski definition) is 0. The van der Waals surface area contributed by atoms with Crippen molar-refractivity contribution in [2.24, 2.45) is 4.99 Å². The largest absolute Gasteiger partial charge is 0.493 e. The molecule has 0 saturated heterocycles. The van der Waals surface area contributed by atoms with Gasteiger partial charge in [0.25, 0.3) is 0 Å². The average Bonchev–Trinajstić information content (AvgIpc) is 3.24. The Hall–Kier alpha value is -3.79. The number of ether oxygens (including phenoxy) is 2. The highest BCUT2D eigenvalue weighted by molar-refractivity contribution is 6.13. The predicted molar refractivity (Wildman–Crippen MR) is 119 cm³/mol. The number of methoxy groups -OCH3 is 2. The van der Waals surface area contributed by atoms with Gasteiger partial charge in [-0.25, -0.2) is 0 Å². The minimum absolute atomic E-state index is 0.106. The normalized spacial score (nSPS) is 14.9. The summed E-state index contributed by atoms with van der Waals surface area (Å²) in [4.78, 5) is 5.30. The molecule has 4 aromatic rings. The molecule has 0 amide bonds. The molecular weight excluding hydrogens is 372 g/mol. The fraction of sp³-hybridized carbons (Fsp3) is 0.115. The zero-order valence-corrected chi connectivity index (χ0v) is 16.9. The number of hydrogen-bond acceptors (Lipinski definition) is 3. The molecule has 0 N–H and O–H groups in total. The molecule has 3 aromatic carbocycles. The van der Waals surface area contributed by atoms with Gasteiger partial charge < -0.3 is 14.0 Å². The maximum absolute atomic E-state index is 5.55. The molecule has 0 unspecified atom stereocenters. The summed E-state index contributed by atoms with van der Waals surface area (Å²) in [5, 5.41) is 0. The van der Waals surface area contributed by atoms with Crippen LogP contribution in [0, 0.1) is 0 Å².